The Morgan fingerprint density at radius 1 is 1.82 bits per heavy atom. The van der Waals surface area contributed by atoms with Gasteiger partial charge in [0.25, 0.3) is 0 Å². The Labute approximate surface area is 74.7 Å². The number of nitriles is 1. The zero-order valence-electron chi connectivity index (χ0n) is 5.67. The molecule has 0 aliphatic carbocycles. The van der Waals surface area contributed by atoms with Crippen molar-refractivity contribution in [1.82, 2.24) is 9.84 Å². The molecule has 6 heteroatoms. The number of aliphatic imine (C=N–C) groups is 1. The molecule has 4 nitrogen and oxygen atoms in total. The predicted octanol–water partition coefficient (Wildman–Crippen LogP) is 1.00. The molecule has 0 unspecified atom stereocenters. The van der Waals surface area contributed by atoms with Gasteiger partial charge in [-0.2, -0.15) is 5.26 Å². The smallest absolute Gasteiger partial charge is 0.184 e. The topological polar surface area (TPSA) is 51.4 Å². The number of allylic oxidation sites excluding steroid dienone is 1. The van der Waals surface area contributed by atoms with Gasteiger partial charge in [0, 0.05) is 0 Å². The van der Waals surface area contributed by atoms with Crippen molar-refractivity contribution in [2.45, 2.75) is 6.92 Å². The summed E-state index contributed by atoms with van der Waals surface area (Å²) in [7, 11) is 0. The van der Waals surface area contributed by atoms with Crippen LogP contribution in [0.3, 0.4) is 0 Å². The molecule has 1 aliphatic heterocycles. The van der Waals surface area contributed by atoms with Crippen LogP contribution >= 0.6 is 24.4 Å². The van der Waals surface area contributed by atoms with Gasteiger partial charge in [-0.25, -0.2) is 9.41 Å². The summed E-state index contributed by atoms with van der Waals surface area (Å²) in [6.07, 6.45) is 0. The highest BCUT2D eigenvalue weighted by Gasteiger charge is 2.15. The largest absolute Gasteiger partial charge is 0.275 e. The predicted molar refractivity (Wildman–Crippen MR) is 45.6 cm³/mol. The molecular weight excluding hydrogens is 184 g/mol. The quantitative estimate of drug-likeness (QED) is 0.441. The molecule has 0 aromatic carbocycles. The summed E-state index contributed by atoms with van der Waals surface area (Å²) in [5.41, 5.74) is 2.89. The van der Waals surface area contributed by atoms with Crippen molar-refractivity contribution >= 4 is 30.3 Å². The molecular formula is C5H5ClN4S. The number of hydrogen-bond donors (Lipinski definition) is 2. The second-order valence-electron chi connectivity index (χ2n) is 1.87. The Kier molecular flexibility index (Phi) is 2.27. The Bertz CT molecular complexity index is 277. The van der Waals surface area contributed by atoms with Crippen LogP contribution in [0.5, 0.6) is 0 Å². The molecule has 58 valence electrons. The monoisotopic (exact) mass is 188 g/mol. The molecule has 0 saturated carbocycles. The fourth-order valence-electron chi connectivity index (χ4n) is 0.615. The standard InChI is InChI=1S/C5H5ClN4S/c1-3-8-5(6)4(2-7)10(11)9-3/h11H,1H3,(H,8,9). The average Bonchev–Trinajstić information content (AvgIpc) is 1.85. The van der Waals surface area contributed by atoms with Gasteiger partial charge in [0.15, 0.2) is 10.9 Å². The van der Waals surface area contributed by atoms with Gasteiger partial charge >= 0.3 is 0 Å². The fourth-order valence-corrected chi connectivity index (χ4v) is 1.21. The Hall–Kier alpha value is -0.860. The van der Waals surface area contributed by atoms with Crippen LogP contribution in [0.2, 0.25) is 0 Å². The molecule has 0 radical (unpaired) electrons. The molecule has 1 N–H and O–H groups in total. The first-order valence-electron chi connectivity index (χ1n) is 2.76. The third-order valence-electron chi connectivity index (χ3n) is 1.05. The van der Waals surface area contributed by atoms with Crippen LogP contribution in [0.4, 0.5) is 0 Å². The van der Waals surface area contributed by atoms with Crippen molar-refractivity contribution < 1.29 is 0 Å². The zero-order valence-corrected chi connectivity index (χ0v) is 7.32. The van der Waals surface area contributed by atoms with Crippen LogP contribution < -0.4 is 5.43 Å². The zero-order chi connectivity index (χ0) is 8.43. The maximum atomic E-state index is 8.53. The van der Waals surface area contributed by atoms with E-state index in [4.69, 9.17) is 16.9 Å². The number of rotatable bonds is 0. The Morgan fingerprint density at radius 3 is 2.91 bits per heavy atom. The number of amidine groups is 1. The maximum Gasteiger partial charge on any atom is 0.184 e. The van der Waals surface area contributed by atoms with Crippen molar-refractivity contribution in [3.63, 3.8) is 0 Å². The molecule has 1 rings (SSSR count). The number of hydrogen-bond acceptors (Lipinski definition) is 5. The van der Waals surface area contributed by atoms with Gasteiger partial charge in [0.05, 0.1) is 0 Å². The van der Waals surface area contributed by atoms with Crippen molar-refractivity contribution in [1.29, 1.82) is 5.26 Å². The van der Waals surface area contributed by atoms with Crippen LogP contribution in [-0.4, -0.2) is 10.2 Å². The fraction of sp³-hybridized carbons (Fsp3) is 0.200. The molecule has 0 saturated heterocycles. The molecule has 11 heavy (non-hydrogen) atoms. The summed E-state index contributed by atoms with van der Waals surface area (Å²) in [6.45, 7) is 1.72. The Morgan fingerprint density at radius 2 is 2.45 bits per heavy atom. The third kappa shape index (κ3) is 1.59. The van der Waals surface area contributed by atoms with Crippen LogP contribution in [0.1, 0.15) is 6.92 Å². The van der Waals surface area contributed by atoms with Gasteiger partial charge in [-0.3, -0.25) is 5.43 Å². The molecule has 0 atom stereocenters. The van der Waals surface area contributed by atoms with Crippen molar-refractivity contribution in [2.75, 3.05) is 0 Å². The molecule has 1 aliphatic rings. The second kappa shape index (κ2) is 3.03. The maximum absolute atomic E-state index is 8.53. The molecule has 0 fully saturated rings. The molecule has 0 amide bonds. The molecule has 1 heterocycles. The summed E-state index contributed by atoms with van der Waals surface area (Å²) >= 11 is 9.54. The van der Waals surface area contributed by atoms with E-state index in [1.54, 1.807) is 6.92 Å². The average molecular weight is 189 g/mol. The highest BCUT2D eigenvalue weighted by molar-refractivity contribution is 7.77. The third-order valence-corrected chi connectivity index (χ3v) is 1.61. The van der Waals surface area contributed by atoms with Crippen LogP contribution in [0.25, 0.3) is 0 Å². The SMILES string of the molecule is CC1=NC(Cl)=C(C#N)N(S)N1. The summed E-state index contributed by atoms with van der Waals surface area (Å²) in [5.74, 6) is 0.601. The van der Waals surface area contributed by atoms with Crippen molar-refractivity contribution in [3.8, 4) is 6.07 Å². The van der Waals surface area contributed by atoms with E-state index in [-0.39, 0.29) is 10.9 Å². The summed E-state index contributed by atoms with van der Waals surface area (Å²) in [4.78, 5) is 3.82. The minimum atomic E-state index is 0.152. The van der Waals surface area contributed by atoms with E-state index in [0.29, 0.717) is 5.84 Å². The van der Waals surface area contributed by atoms with Crippen LogP contribution in [-0.2, 0) is 0 Å². The molecule has 0 bridgehead atoms. The van der Waals surface area contributed by atoms with E-state index in [2.05, 4.69) is 23.2 Å². The lowest BCUT2D eigenvalue weighted by molar-refractivity contribution is 0.534. The van der Waals surface area contributed by atoms with Gasteiger partial charge in [-0.05, 0) is 19.7 Å². The highest BCUT2D eigenvalue weighted by Crippen LogP contribution is 2.18. The van der Waals surface area contributed by atoms with E-state index in [9.17, 15) is 0 Å². The van der Waals surface area contributed by atoms with E-state index < -0.39 is 0 Å². The Balaban J connectivity index is 3.04. The van der Waals surface area contributed by atoms with E-state index >= 15 is 0 Å². The van der Waals surface area contributed by atoms with Gasteiger partial charge in [0.1, 0.15) is 11.9 Å². The summed E-state index contributed by atoms with van der Waals surface area (Å²) in [6, 6.07) is 1.85. The minimum absolute atomic E-state index is 0.152. The van der Waals surface area contributed by atoms with E-state index in [1.165, 1.54) is 4.41 Å². The summed E-state index contributed by atoms with van der Waals surface area (Å²) < 4.78 is 1.23. The lowest BCUT2D eigenvalue weighted by Gasteiger charge is -2.21. The molecule has 0 aromatic heterocycles. The second-order valence-corrected chi connectivity index (χ2v) is 2.63. The van der Waals surface area contributed by atoms with E-state index in [1.807, 2.05) is 6.07 Å². The van der Waals surface area contributed by atoms with E-state index in [0.717, 1.165) is 0 Å². The number of halogens is 1. The molecule has 0 spiro atoms. The number of hydrazine groups is 1. The lowest BCUT2D eigenvalue weighted by Crippen LogP contribution is -2.36. The van der Waals surface area contributed by atoms with Gasteiger partial charge in [-0.15, -0.1) is 0 Å². The van der Waals surface area contributed by atoms with Crippen molar-refractivity contribution in [3.05, 3.63) is 10.9 Å². The van der Waals surface area contributed by atoms with Gasteiger partial charge in [0.2, 0.25) is 0 Å². The first-order valence-corrected chi connectivity index (χ1v) is 3.53. The number of nitrogens with one attached hydrogen (secondary N) is 1. The van der Waals surface area contributed by atoms with Gasteiger partial charge in [-0.1, -0.05) is 11.6 Å². The minimum Gasteiger partial charge on any atom is -0.275 e. The first-order chi connectivity index (χ1) is 5.15. The summed E-state index contributed by atoms with van der Waals surface area (Å²) in [5, 5.41) is 8.68. The highest BCUT2D eigenvalue weighted by atomic mass is 35.5. The van der Waals surface area contributed by atoms with Crippen LogP contribution in [0.15, 0.2) is 15.8 Å². The first kappa shape index (κ1) is 8.24. The number of thiol groups is 1. The lowest BCUT2D eigenvalue weighted by atomic mass is 10.5. The van der Waals surface area contributed by atoms with Crippen LogP contribution in [0, 0.1) is 11.3 Å². The number of nitrogens with zero attached hydrogens (tertiary/aromatic N) is 3. The van der Waals surface area contributed by atoms with Crippen molar-refractivity contribution in [2.24, 2.45) is 4.99 Å². The normalized spacial score (nSPS) is 17.3. The molecule has 0 aromatic rings. The van der Waals surface area contributed by atoms with Gasteiger partial charge < -0.3 is 0 Å².